The molecular weight excluding hydrogens is 572 g/mol. The molecule has 1 aliphatic rings. The molecule has 0 saturated carbocycles. The third kappa shape index (κ3) is 6.74. The molecule has 3 aromatic carbocycles. The van der Waals surface area contributed by atoms with Crippen LogP contribution in [0.1, 0.15) is 37.7 Å². The van der Waals surface area contributed by atoms with Gasteiger partial charge in [0, 0.05) is 18.1 Å². The number of sulfonamides is 1. The third-order valence-corrected chi connectivity index (χ3v) is 9.41. The summed E-state index contributed by atoms with van der Waals surface area (Å²) in [4.78, 5) is 4.93. The number of H-pyrrole nitrogens is 1. The van der Waals surface area contributed by atoms with E-state index in [0.29, 0.717) is 33.5 Å². The summed E-state index contributed by atoms with van der Waals surface area (Å²) in [7, 11) is -4.25. The van der Waals surface area contributed by atoms with Gasteiger partial charge < -0.3 is 9.72 Å². The smallest absolute Gasteiger partial charge is 0.265 e. The average Bonchev–Trinajstić information content (AvgIpc) is 3.35. The van der Waals surface area contributed by atoms with Crippen LogP contribution in [0.5, 0.6) is 5.75 Å². The fourth-order valence-electron chi connectivity index (χ4n) is 5.25. The molecule has 1 saturated heterocycles. The second-order valence-electron chi connectivity index (χ2n) is 10.2. The zero-order chi connectivity index (χ0) is 28.1. The Kier molecular flexibility index (Phi) is 9.20. The summed E-state index contributed by atoms with van der Waals surface area (Å²) in [6.45, 7) is 3.53. The van der Waals surface area contributed by atoms with Crippen molar-refractivity contribution in [3.05, 3.63) is 88.3 Å². The highest BCUT2D eigenvalue weighted by atomic mass is 35.5. The van der Waals surface area contributed by atoms with Gasteiger partial charge >= 0.3 is 0 Å². The van der Waals surface area contributed by atoms with Gasteiger partial charge in [-0.15, -0.1) is 0 Å². The van der Waals surface area contributed by atoms with Crippen molar-refractivity contribution in [3.8, 4) is 5.75 Å². The number of fused-ring (bicyclic) bond motifs is 1. The van der Waals surface area contributed by atoms with Crippen LogP contribution in [0, 0.1) is 11.7 Å². The number of rotatable bonds is 11. The Morgan fingerprint density at radius 1 is 0.975 bits per heavy atom. The van der Waals surface area contributed by atoms with Crippen LogP contribution in [-0.2, 0) is 16.6 Å². The molecule has 0 bridgehead atoms. The number of nitrogens with one attached hydrogen (secondary N) is 2. The number of nitrogens with zero attached hydrogens (tertiary/aromatic N) is 1. The van der Waals surface area contributed by atoms with E-state index in [1.165, 1.54) is 54.9 Å². The molecule has 4 aromatic rings. The van der Waals surface area contributed by atoms with Crippen molar-refractivity contribution in [3.63, 3.8) is 0 Å². The molecule has 0 spiro atoms. The lowest BCUT2D eigenvalue weighted by Crippen LogP contribution is -2.33. The molecule has 10 heteroatoms. The highest BCUT2D eigenvalue weighted by Crippen LogP contribution is 2.36. The van der Waals surface area contributed by atoms with E-state index >= 15 is 4.39 Å². The minimum absolute atomic E-state index is 0.0822. The predicted molar refractivity (Wildman–Crippen MR) is 159 cm³/mol. The number of hydrogen-bond donors (Lipinski definition) is 2. The van der Waals surface area contributed by atoms with Crippen LogP contribution in [0.15, 0.2) is 71.8 Å². The lowest BCUT2D eigenvalue weighted by molar-refractivity contribution is 0.168. The van der Waals surface area contributed by atoms with Crippen LogP contribution in [0.3, 0.4) is 0 Å². The quantitative estimate of drug-likeness (QED) is 0.171. The SMILES string of the molecule is O=S(=O)(Nc1ccc(Cl)c2c(Cl)c[nH]c12)c1cccc(OCCCCC2CCN(Cc3ccccc3)CC2)c1F. The van der Waals surface area contributed by atoms with Crippen molar-refractivity contribution in [2.75, 3.05) is 24.4 Å². The summed E-state index contributed by atoms with van der Waals surface area (Å²) in [6, 6.07) is 17.7. The summed E-state index contributed by atoms with van der Waals surface area (Å²) in [6.07, 6.45) is 6.75. The molecule has 0 radical (unpaired) electrons. The summed E-state index contributed by atoms with van der Waals surface area (Å²) in [5.74, 6) is -0.311. The molecule has 0 atom stereocenters. The molecule has 40 heavy (non-hydrogen) atoms. The Morgan fingerprint density at radius 2 is 1.75 bits per heavy atom. The molecule has 0 aliphatic carbocycles. The Hall–Kier alpha value is -2.78. The van der Waals surface area contributed by atoms with Gasteiger partial charge in [0.15, 0.2) is 11.6 Å². The Labute approximate surface area is 244 Å². The molecular formula is C30H32Cl2FN3O3S. The molecule has 212 valence electrons. The Bertz CT molecular complexity index is 1560. The van der Waals surface area contributed by atoms with E-state index in [-0.39, 0.29) is 11.4 Å². The maximum atomic E-state index is 15.2. The molecule has 0 amide bonds. The number of unbranched alkanes of at least 4 members (excludes halogenated alkanes) is 1. The highest BCUT2D eigenvalue weighted by Gasteiger charge is 2.24. The maximum Gasteiger partial charge on any atom is 0.265 e. The maximum absolute atomic E-state index is 15.2. The van der Waals surface area contributed by atoms with E-state index in [2.05, 4.69) is 38.9 Å². The fourth-order valence-corrected chi connectivity index (χ4v) is 6.98. The standard InChI is InChI=1S/C30H32Cl2FN3O3S/c31-23-12-13-25(30-28(23)24(32)19-34-30)35-40(37,38)27-11-6-10-26(29(27)33)39-18-5-4-7-21-14-16-36(17-15-21)20-22-8-2-1-3-9-22/h1-3,6,8-13,19,21,34-35H,4-5,7,14-18,20H2. The predicted octanol–water partition coefficient (Wildman–Crippen LogP) is 7.88. The van der Waals surface area contributed by atoms with Gasteiger partial charge in [0.2, 0.25) is 0 Å². The lowest BCUT2D eigenvalue weighted by Gasteiger charge is -2.32. The van der Waals surface area contributed by atoms with Crippen LogP contribution in [0.4, 0.5) is 10.1 Å². The topological polar surface area (TPSA) is 74.4 Å². The van der Waals surface area contributed by atoms with Crippen LogP contribution < -0.4 is 9.46 Å². The second kappa shape index (κ2) is 12.8. The van der Waals surface area contributed by atoms with Crippen LogP contribution >= 0.6 is 23.2 Å². The van der Waals surface area contributed by atoms with E-state index < -0.39 is 20.7 Å². The summed E-state index contributed by atoms with van der Waals surface area (Å²) >= 11 is 12.4. The lowest BCUT2D eigenvalue weighted by atomic mass is 9.91. The highest BCUT2D eigenvalue weighted by molar-refractivity contribution is 7.92. The molecule has 5 rings (SSSR count). The van der Waals surface area contributed by atoms with Crippen molar-refractivity contribution in [2.24, 2.45) is 5.92 Å². The van der Waals surface area contributed by atoms with Crippen LogP contribution in [-0.4, -0.2) is 38.0 Å². The number of benzene rings is 3. The number of aromatic nitrogens is 1. The molecule has 1 aromatic heterocycles. The summed E-state index contributed by atoms with van der Waals surface area (Å²) in [5, 5.41) is 1.22. The number of ether oxygens (including phenoxy) is 1. The van der Waals surface area contributed by atoms with E-state index in [1.54, 1.807) is 0 Å². The van der Waals surface area contributed by atoms with Gasteiger partial charge in [-0.05, 0) is 74.5 Å². The average molecular weight is 605 g/mol. The van der Waals surface area contributed by atoms with Crippen molar-refractivity contribution in [1.29, 1.82) is 0 Å². The number of hydrogen-bond acceptors (Lipinski definition) is 4. The first-order chi connectivity index (χ1) is 19.3. The molecule has 6 nitrogen and oxygen atoms in total. The first kappa shape index (κ1) is 28.7. The van der Waals surface area contributed by atoms with E-state index in [1.807, 2.05) is 6.07 Å². The zero-order valence-electron chi connectivity index (χ0n) is 22.0. The number of likely N-dealkylation sites (tertiary alicyclic amines) is 1. The Balaban J connectivity index is 1.11. The van der Waals surface area contributed by atoms with Crippen molar-refractivity contribution in [2.45, 2.75) is 43.5 Å². The molecule has 2 N–H and O–H groups in total. The van der Waals surface area contributed by atoms with Gasteiger partial charge in [-0.1, -0.05) is 66.0 Å². The van der Waals surface area contributed by atoms with Gasteiger partial charge in [-0.2, -0.15) is 0 Å². The van der Waals surface area contributed by atoms with Crippen LogP contribution in [0.25, 0.3) is 10.9 Å². The first-order valence-corrected chi connectivity index (χ1v) is 15.7. The van der Waals surface area contributed by atoms with Crippen LogP contribution in [0.2, 0.25) is 10.0 Å². The normalized spacial score (nSPS) is 15.0. The van der Waals surface area contributed by atoms with E-state index in [4.69, 9.17) is 27.9 Å². The third-order valence-electron chi connectivity index (χ3n) is 7.42. The van der Waals surface area contributed by atoms with Gasteiger partial charge in [-0.3, -0.25) is 9.62 Å². The van der Waals surface area contributed by atoms with E-state index in [9.17, 15) is 8.42 Å². The zero-order valence-corrected chi connectivity index (χ0v) is 24.3. The molecule has 1 aliphatic heterocycles. The number of anilines is 1. The minimum Gasteiger partial charge on any atom is -0.490 e. The van der Waals surface area contributed by atoms with Crippen molar-refractivity contribution in [1.82, 2.24) is 9.88 Å². The monoisotopic (exact) mass is 603 g/mol. The second-order valence-corrected chi connectivity index (χ2v) is 12.7. The van der Waals surface area contributed by atoms with Gasteiger partial charge in [0.25, 0.3) is 10.0 Å². The molecule has 2 heterocycles. The summed E-state index contributed by atoms with van der Waals surface area (Å²) < 4.78 is 49.5. The van der Waals surface area contributed by atoms with Gasteiger partial charge in [0.05, 0.1) is 27.9 Å². The summed E-state index contributed by atoms with van der Waals surface area (Å²) in [5.41, 5.74) is 1.98. The number of aromatic amines is 1. The first-order valence-electron chi connectivity index (χ1n) is 13.5. The fraction of sp³-hybridized carbons (Fsp3) is 0.333. The van der Waals surface area contributed by atoms with Gasteiger partial charge in [-0.25, -0.2) is 12.8 Å². The van der Waals surface area contributed by atoms with E-state index in [0.717, 1.165) is 38.9 Å². The Morgan fingerprint density at radius 3 is 2.52 bits per heavy atom. The molecule has 0 unspecified atom stereocenters. The van der Waals surface area contributed by atoms with Crippen molar-refractivity contribution >= 4 is 49.8 Å². The number of piperidine rings is 1. The minimum atomic E-state index is -4.25. The molecule has 1 fully saturated rings. The largest absolute Gasteiger partial charge is 0.490 e. The van der Waals surface area contributed by atoms with Gasteiger partial charge in [0.1, 0.15) is 4.90 Å². The number of halogens is 3. The van der Waals surface area contributed by atoms with Crippen molar-refractivity contribution < 1.29 is 17.5 Å².